The first-order chi connectivity index (χ1) is 9.70. The summed E-state index contributed by atoms with van der Waals surface area (Å²) in [7, 11) is 0. The zero-order valence-corrected chi connectivity index (χ0v) is 11.9. The van der Waals surface area contributed by atoms with Gasteiger partial charge in [-0.15, -0.1) is 6.42 Å². The highest BCUT2D eigenvalue weighted by molar-refractivity contribution is 6.00. The topological polar surface area (TPSA) is 23.6 Å². The number of hydrogen-bond donors (Lipinski definition) is 0. The van der Waals surface area contributed by atoms with Gasteiger partial charge in [-0.05, 0) is 30.9 Å². The second-order valence-electron chi connectivity index (χ2n) is 5.87. The van der Waals surface area contributed by atoms with Crippen LogP contribution in [0.2, 0.25) is 0 Å². The van der Waals surface area contributed by atoms with E-state index in [2.05, 4.69) is 16.9 Å². The lowest BCUT2D eigenvalue weighted by Gasteiger charge is -2.26. The number of fused-ring (bicyclic) bond motifs is 1. The smallest absolute Gasteiger partial charge is 0.232 e. The monoisotopic (exact) mass is 268 g/mol. The number of nitrogens with zero attached hydrogens (tertiary/aromatic N) is 2. The molecule has 1 heterocycles. The summed E-state index contributed by atoms with van der Waals surface area (Å²) in [6.07, 6.45) is 8.07. The van der Waals surface area contributed by atoms with Gasteiger partial charge in [0, 0.05) is 13.1 Å². The SMILES string of the molecule is C#CCN1C(=O)[C@@H](C)CN(CC2CC2)c2ccccc21. The molecular formula is C17H20N2O. The lowest BCUT2D eigenvalue weighted by atomic mass is 10.1. The first kappa shape index (κ1) is 13.1. The summed E-state index contributed by atoms with van der Waals surface area (Å²) in [5, 5.41) is 0. The minimum atomic E-state index is -0.0190. The van der Waals surface area contributed by atoms with E-state index >= 15 is 0 Å². The average molecular weight is 268 g/mol. The van der Waals surface area contributed by atoms with Crippen LogP contribution in [-0.2, 0) is 4.79 Å². The Morgan fingerprint density at radius 1 is 1.30 bits per heavy atom. The van der Waals surface area contributed by atoms with Gasteiger partial charge in [0.25, 0.3) is 0 Å². The number of amides is 1. The maximum Gasteiger partial charge on any atom is 0.232 e. The Morgan fingerprint density at radius 3 is 2.65 bits per heavy atom. The van der Waals surface area contributed by atoms with Crippen LogP contribution >= 0.6 is 0 Å². The number of carbonyl (C=O) groups excluding carboxylic acids is 1. The molecule has 1 saturated carbocycles. The maximum absolute atomic E-state index is 12.5. The lowest BCUT2D eigenvalue weighted by Crippen LogP contribution is -2.37. The highest BCUT2D eigenvalue weighted by Crippen LogP contribution is 2.37. The molecule has 0 spiro atoms. The van der Waals surface area contributed by atoms with Crippen molar-refractivity contribution >= 4 is 17.3 Å². The van der Waals surface area contributed by atoms with Gasteiger partial charge in [0.1, 0.15) is 0 Å². The van der Waals surface area contributed by atoms with Gasteiger partial charge in [-0.2, -0.15) is 0 Å². The van der Waals surface area contributed by atoms with E-state index in [0.717, 1.165) is 30.4 Å². The lowest BCUT2D eigenvalue weighted by molar-refractivity contribution is -0.121. The zero-order valence-electron chi connectivity index (χ0n) is 11.9. The van der Waals surface area contributed by atoms with Crippen LogP contribution in [0.3, 0.4) is 0 Å². The summed E-state index contributed by atoms with van der Waals surface area (Å²) in [4.78, 5) is 16.7. The van der Waals surface area contributed by atoms with Crippen molar-refractivity contribution < 1.29 is 4.79 Å². The van der Waals surface area contributed by atoms with E-state index in [1.165, 1.54) is 12.8 Å². The fraction of sp³-hybridized carbons (Fsp3) is 0.471. The van der Waals surface area contributed by atoms with Crippen LogP contribution in [-0.4, -0.2) is 25.5 Å². The van der Waals surface area contributed by atoms with E-state index in [1.54, 1.807) is 4.90 Å². The van der Waals surface area contributed by atoms with Crippen LogP contribution in [0.1, 0.15) is 19.8 Å². The Morgan fingerprint density at radius 2 is 2.00 bits per heavy atom. The predicted octanol–water partition coefficient (Wildman–Crippen LogP) is 2.52. The van der Waals surface area contributed by atoms with Crippen molar-refractivity contribution in [3.63, 3.8) is 0 Å². The summed E-state index contributed by atoms with van der Waals surface area (Å²) >= 11 is 0. The van der Waals surface area contributed by atoms with Crippen molar-refractivity contribution in [3.8, 4) is 12.3 Å². The molecule has 0 radical (unpaired) electrons. The molecule has 3 heteroatoms. The standard InChI is InChI=1S/C17H20N2O/c1-3-10-19-16-7-5-4-6-15(16)18(12-14-8-9-14)11-13(2)17(19)20/h1,4-7,13-14H,8-12H2,2H3/t13-/m0/s1. The number of anilines is 2. The molecule has 3 nitrogen and oxygen atoms in total. The third kappa shape index (κ3) is 2.38. The van der Waals surface area contributed by atoms with E-state index in [4.69, 9.17) is 6.42 Å². The molecule has 1 atom stereocenters. The van der Waals surface area contributed by atoms with Crippen LogP contribution in [0.15, 0.2) is 24.3 Å². The summed E-state index contributed by atoms with van der Waals surface area (Å²) in [6.45, 7) is 4.18. The Hall–Kier alpha value is -1.95. The van der Waals surface area contributed by atoms with Crippen molar-refractivity contribution in [3.05, 3.63) is 24.3 Å². The van der Waals surface area contributed by atoms with Crippen LogP contribution in [0.4, 0.5) is 11.4 Å². The van der Waals surface area contributed by atoms with Crippen LogP contribution < -0.4 is 9.80 Å². The zero-order chi connectivity index (χ0) is 14.1. The fourth-order valence-corrected chi connectivity index (χ4v) is 2.89. The summed E-state index contributed by atoms with van der Waals surface area (Å²) < 4.78 is 0. The average Bonchev–Trinajstić information content (AvgIpc) is 3.27. The first-order valence-corrected chi connectivity index (χ1v) is 7.29. The van der Waals surface area contributed by atoms with Gasteiger partial charge in [-0.1, -0.05) is 25.0 Å². The van der Waals surface area contributed by atoms with E-state index in [0.29, 0.717) is 6.54 Å². The second-order valence-corrected chi connectivity index (χ2v) is 5.87. The molecule has 0 aromatic heterocycles. The third-order valence-corrected chi connectivity index (χ3v) is 4.12. The molecule has 104 valence electrons. The van der Waals surface area contributed by atoms with Gasteiger partial charge in [0.15, 0.2) is 0 Å². The molecule has 1 amide bonds. The molecule has 1 fully saturated rings. The number of hydrogen-bond acceptors (Lipinski definition) is 2. The van der Waals surface area contributed by atoms with Crippen LogP contribution in [0, 0.1) is 24.2 Å². The number of carbonyl (C=O) groups is 1. The van der Waals surface area contributed by atoms with Gasteiger partial charge in [0.05, 0.1) is 23.8 Å². The van der Waals surface area contributed by atoms with Crippen molar-refractivity contribution in [1.29, 1.82) is 0 Å². The van der Waals surface area contributed by atoms with Crippen LogP contribution in [0.25, 0.3) is 0 Å². The normalized spacial score (nSPS) is 22.2. The van der Waals surface area contributed by atoms with E-state index in [1.807, 2.05) is 25.1 Å². The number of para-hydroxylation sites is 2. The van der Waals surface area contributed by atoms with Gasteiger partial charge < -0.3 is 4.90 Å². The molecule has 20 heavy (non-hydrogen) atoms. The Kier molecular flexibility index (Phi) is 3.40. The number of terminal acetylenes is 1. The molecule has 0 bridgehead atoms. The molecule has 2 aliphatic rings. The third-order valence-electron chi connectivity index (χ3n) is 4.12. The Labute approximate surface area is 120 Å². The summed E-state index contributed by atoms with van der Waals surface area (Å²) in [6, 6.07) is 8.11. The highest BCUT2D eigenvalue weighted by Gasteiger charge is 2.33. The van der Waals surface area contributed by atoms with E-state index < -0.39 is 0 Å². The summed E-state index contributed by atoms with van der Waals surface area (Å²) in [5.41, 5.74) is 2.10. The molecule has 0 N–H and O–H groups in total. The molecule has 1 aromatic carbocycles. The van der Waals surface area contributed by atoms with Crippen LogP contribution in [0.5, 0.6) is 0 Å². The second kappa shape index (κ2) is 5.20. The Bertz CT molecular complexity index is 556. The fourth-order valence-electron chi connectivity index (χ4n) is 2.89. The first-order valence-electron chi connectivity index (χ1n) is 7.29. The van der Waals surface area contributed by atoms with Crippen molar-refractivity contribution in [2.75, 3.05) is 29.4 Å². The quantitative estimate of drug-likeness (QED) is 0.786. The Balaban J connectivity index is 2.00. The van der Waals surface area contributed by atoms with E-state index in [-0.39, 0.29) is 11.8 Å². The molecule has 0 unspecified atom stereocenters. The predicted molar refractivity (Wildman–Crippen MR) is 81.7 cm³/mol. The summed E-state index contributed by atoms with van der Waals surface area (Å²) in [5.74, 6) is 3.52. The minimum absolute atomic E-state index is 0.0190. The highest BCUT2D eigenvalue weighted by atomic mass is 16.2. The van der Waals surface area contributed by atoms with Crippen molar-refractivity contribution in [2.45, 2.75) is 19.8 Å². The minimum Gasteiger partial charge on any atom is -0.369 e. The molecule has 1 aliphatic carbocycles. The van der Waals surface area contributed by atoms with E-state index in [9.17, 15) is 4.79 Å². The number of benzene rings is 1. The van der Waals surface area contributed by atoms with Gasteiger partial charge in [-0.25, -0.2) is 0 Å². The molecule has 0 saturated heterocycles. The van der Waals surface area contributed by atoms with Gasteiger partial charge in [-0.3, -0.25) is 9.69 Å². The largest absolute Gasteiger partial charge is 0.369 e. The molecule has 1 aromatic rings. The number of rotatable bonds is 3. The maximum atomic E-state index is 12.5. The van der Waals surface area contributed by atoms with Gasteiger partial charge >= 0.3 is 0 Å². The molecule has 1 aliphatic heterocycles. The van der Waals surface area contributed by atoms with Gasteiger partial charge in [0.2, 0.25) is 5.91 Å². The molecular weight excluding hydrogens is 248 g/mol. The molecule has 3 rings (SSSR count). The van der Waals surface area contributed by atoms with Crippen molar-refractivity contribution in [2.24, 2.45) is 11.8 Å². The van der Waals surface area contributed by atoms with Crippen molar-refractivity contribution in [1.82, 2.24) is 0 Å².